The van der Waals surface area contributed by atoms with Gasteiger partial charge >= 0.3 is 12.0 Å². The van der Waals surface area contributed by atoms with Gasteiger partial charge in [0.25, 0.3) is 5.91 Å². The first-order valence-corrected chi connectivity index (χ1v) is 16.9. The number of ether oxygens (including phenoxy) is 1. The van der Waals surface area contributed by atoms with Crippen molar-refractivity contribution in [1.29, 1.82) is 0 Å². The smallest absolute Gasteiger partial charge is 0.329 e. The Morgan fingerprint density at radius 3 is 1.98 bits per heavy atom. The van der Waals surface area contributed by atoms with Crippen molar-refractivity contribution in [3.63, 3.8) is 0 Å². The van der Waals surface area contributed by atoms with Gasteiger partial charge in [-0.1, -0.05) is 75.2 Å². The van der Waals surface area contributed by atoms with E-state index in [0.29, 0.717) is 13.0 Å². The number of Topliss-reactive ketones (excluding diaryl/α,β-unsaturated/α-hetero) is 1. The van der Waals surface area contributed by atoms with Gasteiger partial charge in [0.1, 0.15) is 24.2 Å². The number of amides is 5. The first kappa shape index (κ1) is 35.7. The van der Waals surface area contributed by atoms with Gasteiger partial charge in [0, 0.05) is 6.54 Å². The number of likely N-dealkylation sites (tertiary alicyclic amines) is 1. The number of fused-ring (bicyclic) bond motifs is 1. The highest BCUT2D eigenvalue weighted by molar-refractivity contribution is 6.37. The number of ketones is 1. The number of nitrogens with zero attached hydrogens (tertiary/aromatic N) is 1. The molecule has 46 heavy (non-hydrogen) atoms. The quantitative estimate of drug-likeness (QED) is 0.197. The summed E-state index contributed by atoms with van der Waals surface area (Å²) >= 11 is 0. The molecule has 8 atom stereocenters. The van der Waals surface area contributed by atoms with E-state index in [1.807, 2.05) is 55.4 Å². The maximum absolute atomic E-state index is 14.3. The highest BCUT2D eigenvalue weighted by Crippen LogP contribution is 2.65. The Bertz CT molecular complexity index is 1250. The van der Waals surface area contributed by atoms with Gasteiger partial charge in [-0.05, 0) is 65.6 Å². The van der Waals surface area contributed by atoms with Crippen molar-refractivity contribution < 1.29 is 33.5 Å². The number of hydrogen-bond acceptors (Lipinski definition) is 7. The molecule has 3 aliphatic carbocycles. The lowest BCUT2D eigenvalue weighted by Crippen LogP contribution is -2.62. The number of primary amides is 1. The molecule has 0 bridgehead atoms. The number of nitrogens with two attached hydrogens (primary N) is 1. The fourth-order valence-electron chi connectivity index (χ4n) is 7.41. The van der Waals surface area contributed by atoms with Crippen LogP contribution in [0.2, 0.25) is 0 Å². The summed E-state index contributed by atoms with van der Waals surface area (Å²) in [4.78, 5) is 80.8. The summed E-state index contributed by atoms with van der Waals surface area (Å²) in [5.41, 5.74) is 3.68. The summed E-state index contributed by atoms with van der Waals surface area (Å²) in [5.74, 6) is -2.98. The van der Waals surface area contributed by atoms with Gasteiger partial charge in [-0.15, -0.1) is 0 Å². The van der Waals surface area contributed by atoms with Crippen LogP contribution in [-0.4, -0.2) is 77.2 Å². The third-order valence-electron chi connectivity index (χ3n) is 10.7. The molecule has 0 aromatic rings. The summed E-state index contributed by atoms with van der Waals surface area (Å²) < 4.78 is 5.83. The van der Waals surface area contributed by atoms with Gasteiger partial charge in [-0.2, -0.15) is 0 Å². The van der Waals surface area contributed by atoms with E-state index in [-0.39, 0.29) is 35.2 Å². The summed E-state index contributed by atoms with van der Waals surface area (Å²) in [5, 5.41) is 8.35. The standard InChI is InChI=1S/C34H55N5O7/c1-17-11-10-12-21(17)46-30(44)26(33(5,6)7)38-31(45)37-25(32(2,3)4)29(43)39-16-19-22(34(19,8)9)23(39)28(42)36-20(15-18-13-14-18)24(40)27(35)41/h17-23,25-26H,10-16H2,1-9H3,(H2,35,41)(H,36,42)(H2,37,38,45)/t17?,19-,20?,21?,22?,23-,25+,26+/m0/s1. The van der Waals surface area contributed by atoms with Crippen LogP contribution in [0.25, 0.3) is 0 Å². The third kappa shape index (κ3) is 7.68. The van der Waals surface area contributed by atoms with E-state index in [1.165, 1.54) is 4.90 Å². The first-order valence-electron chi connectivity index (χ1n) is 16.9. The molecule has 0 aromatic heterocycles. The second-order valence-electron chi connectivity index (χ2n) is 17.0. The lowest BCUT2D eigenvalue weighted by Gasteiger charge is -2.38. The van der Waals surface area contributed by atoms with Crippen LogP contribution in [0.1, 0.15) is 101 Å². The van der Waals surface area contributed by atoms with Crippen LogP contribution < -0.4 is 21.7 Å². The Balaban J connectivity index is 1.51. The largest absolute Gasteiger partial charge is 0.461 e. The maximum Gasteiger partial charge on any atom is 0.329 e. The Kier molecular flexibility index (Phi) is 9.92. The number of rotatable bonds is 11. The van der Waals surface area contributed by atoms with Gasteiger partial charge in [-0.25, -0.2) is 9.59 Å². The van der Waals surface area contributed by atoms with Crippen molar-refractivity contribution in [2.24, 2.45) is 45.7 Å². The number of esters is 1. The molecule has 1 aliphatic heterocycles. The monoisotopic (exact) mass is 645 g/mol. The molecule has 0 radical (unpaired) electrons. The van der Waals surface area contributed by atoms with Gasteiger partial charge in [0.05, 0.1) is 6.04 Å². The molecule has 12 nitrogen and oxygen atoms in total. The molecule has 5 N–H and O–H groups in total. The molecule has 4 rings (SSSR count). The molecule has 5 amide bonds. The number of urea groups is 1. The van der Waals surface area contributed by atoms with E-state index in [4.69, 9.17) is 10.5 Å². The minimum Gasteiger partial charge on any atom is -0.461 e. The highest BCUT2D eigenvalue weighted by Gasteiger charge is 2.70. The normalized spacial score (nSPS) is 28.7. The minimum atomic E-state index is -1.10. The zero-order valence-electron chi connectivity index (χ0n) is 29.0. The average molecular weight is 646 g/mol. The van der Waals surface area contributed by atoms with Gasteiger partial charge in [-0.3, -0.25) is 19.2 Å². The summed E-state index contributed by atoms with van der Waals surface area (Å²) in [6, 6.07) is -4.61. The Morgan fingerprint density at radius 2 is 1.48 bits per heavy atom. The Morgan fingerprint density at radius 1 is 0.891 bits per heavy atom. The van der Waals surface area contributed by atoms with Crippen LogP contribution in [0.4, 0.5) is 4.79 Å². The van der Waals surface area contributed by atoms with E-state index < -0.39 is 70.5 Å². The van der Waals surface area contributed by atoms with Crippen LogP contribution in [-0.2, 0) is 28.7 Å². The van der Waals surface area contributed by atoms with E-state index >= 15 is 0 Å². The molecular formula is C34H55N5O7. The summed E-state index contributed by atoms with van der Waals surface area (Å²) in [6.45, 7) is 17.4. The van der Waals surface area contributed by atoms with E-state index in [9.17, 15) is 28.8 Å². The Labute approximate surface area is 273 Å². The zero-order chi connectivity index (χ0) is 34.5. The molecule has 1 saturated heterocycles. The number of piperidine rings is 1. The summed E-state index contributed by atoms with van der Waals surface area (Å²) in [6.07, 6.45) is 4.73. The van der Waals surface area contributed by atoms with Crippen molar-refractivity contribution in [2.45, 2.75) is 131 Å². The average Bonchev–Trinajstić information content (AvgIpc) is 3.70. The minimum absolute atomic E-state index is 0.0633. The van der Waals surface area contributed by atoms with E-state index in [1.54, 1.807) is 0 Å². The zero-order valence-corrected chi connectivity index (χ0v) is 29.0. The predicted molar refractivity (Wildman–Crippen MR) is 171 cm³/mol. The molecule has 1 heterocycles. The van der Waals surface area contributed by atoms with Gasteiger partial charge in [0.15, 0.2) is 0 Å². The Hall–Kier alpha value is -3.18. The van der Waals surface area contributed by atoms with Crippen LogP contribution in [0.5, 0.6) is 0 Å². The van der Waals surface area contributed by atoms with Crippen LogP contribution in [0, 0.1) is 39.9 Å². The molecule has 3 saturated carbocycles. The maximum atomic E-state index is 14.3. The molecule has 4 unspecified atom stereocenters. The number of carbonyl (C=O) groups excluding carboxylic acids is 6. The van der Waals surface area contributed by atoms with Crippen LogP contribution in [0.15, 0.2) is 0 Å². The lowest BCUT2D eigenvalue weighted by atomic mass is 9.85. The molecule has 0 spiro atoms. The topological polar surface area (TPSA) is 177 Å². The van der Waals surface area contributed by atoms with Gasteiger partial charge < -0.3 is 31.3 Å². The second kappa shape index (κ2) is 12.8. The van der Waals surface area contributed by atoms with Crippen molar-refractivity contribution in [2.75, 3.05) is 6.54 Å². The number of nitrogens with one attached hydrogen (secondary N) is 3. The van der Waals surface area contributed by atoms with Crippen molar-refractivity contribution in [1.82, 2.24) is 20.9 Å². The van der Waals surface area contributed by atoms with Gasteiger partial charge in [0.2, 0.25) is 17.6 Å². The molecule has 258 valence electrons. The van der Waals surface area contributed by atoms with Crippen LogP contribution in [0.3, 0.4) is 0 Å². The van der Waals surface area contributed by atoms with Crippen LogP contribution >= 0.6 is 0 Å². The molecule has 12 heteroatoms. The SMILES string of the molecule is CC1CCCC1OC(=O)[C@@H](NC(=O)N[C@H](C(=O)N1C[C@H]2C([C@H]1C(=O)NC(CC1CC1)C(=O)C(N)=O)C2(C)C)C(C)(C)C)C(C)(C)C. The number of hydrogen-bond donors (Lipinski definition) is 4. The molecule has 0 aromatic carbocycles. The number of carbonyl (C=O) groups is 6. The highest BCUT2D eigenvalue weighted by atomic mass is 16.5. The van der Waals surface area contributed by atoms with E-state index in [2.05, 4.69) is 22.9 Å². The summed E-state index contributed by atoms with van der Waals surface area (Å²) in [7, 11) is 0. The second-order valence-corrected chi connectivity index (χ2v) is 17.0. The molecule has 4 fully saturated rings. The van der Waals surface area contributed by atoms with Crippen molar-refractivity contribution >= 4 is 35.5 Å². The lowest BCUT2D eigenvalue weighted by molar-refractivity contribution is -0.155. The molecular weight excluding hydrogens is 590 g/mol. The van der Waals surface area contributed by atoms with Crippen molar-refractivity contribution in [3.05, 3.63) is 0 Å². The first-order chi connectivity index (χ1) is 21.1. The predicted octanol–water partition coefficient (Wildman–Crippen LogP) is 2.67. The fraction of sp³-hybridized carbons (Fsp3) is 0.824. The molecule has 4 aliphatic rings. The van der Waals surface area contributed by atoms with Crippen molar-refractivity contribution in [3.8, 4) is 0 Å². The third-order valence-corrected chi connectivity index (χ3v) is 10.7. The fourth-order valence-corrected chi connectivity index (χ4v) is 7.41. The van der Waals surface area contributed by atoms with E-state index in [0.717, 1.165) is 32.1 Å².